The van der Waals surface area contributed by atoms with Gasteiger partial charge in [-0.25, -0.2) is 4.39 Å². The average molecular weight is 303 g/mol. The van der Waals surface area contributed by atoms with E-state index in [1.807, 2.05) is 0 Å². The Morgan fingerprint density at radius 1 is 1.41 bits per heavy atom. The van der Waals surface area contributed by atoms with Crippen molar-refractivity contribution in [2.45, 2.75) is 39.2 Å². The molecule has 0 radical (unpaired) electrons. The van der Waals surface area contributed by atoms with Gasteiger partial charge in [0.15, 0.2) is 0 Å². The highest BCUT2D eigenvalue weighted by Crippen LogP contribution is 2.26. The first-order valence-electron chi connectivity index (χ1n) is 5.39. The van der Waals surface area contributed by atoms with E-state index < -0.39 is 23.3 Å². The summed E-state index contributed by atoms with van der Waals surface area (Å²) < 4.78 is 19.4. The number of esters is 1. The summed E-state index contributed by atoms with van der Waals surface area (Å²) in [6, 6.07) is 4.89. The van der Waals surface area contributed by atoms with Crippen LogP contribution < -0.4 is 0 Å². The van der Waals surface area contributed by atoms with E-state index in [1.54, 1.807) is 45.9 Å². The molecule has 0 aromatic heterocycles. The van der Waals surface area contributed by atoms with E-state index >= 15 is 0 Å². The number of hydrogen-bond acceptors (Lipinski definition) is 2. The molecule has 0 aliphatic heterocycles. The fraction of sp³-hybridized carbons (Fsp3) is 0.462. The van der Waals surface area contributed by atoms with Crippen LogP contribution in [-0.4, -0.2) is 11.6 Å². The summed E-state index contributed by atoms with van der Waals surface area (Å²) >= 11 is 3.10. The van der Waals surface area contributed by atoms with Gasteiger partial charge in [0, 0.05) is 5.56 Å². The summed E-state index contributed by atoms with van der Waals surface area (Å²) in [4.78, 5) is 11.8. The molecule has 1 aromatic rings. The molecule has 1 rings (SSSR count). The van der Waals surface area contributed by atoms with Crippen molar-refractivity contribution in [3.63, 3.8) is 0 Å². The molecule has 0 bridgehead atoms. The standard InChI is InChI=1S/C13H16BrFO2/c1-8(12(16)17-13(2,3)4)9-6-5-7-10(14)11(9)15/h5-8H,1-4H3. The first-order valence-corrected chi connectivity index (χ1v) is 6.18. The van der Waals surface area contributed by atoms with Crippen LogP contribution in [0.3, 0.4) is 0 Å². The third-order valence-electron chi connectivity index (χ3n) is 2.21. The Bertz CT molecular complexity index is 424. The zero-order valence-electron chi connectivity index (χ0n) is 10.4. The van der Waals surface area contributed by atoms with Crippen molar-refractivity contribution in [3.8, 4) is 0 Å². The van der Waals surface area contributed by atoms with Crippen molar-refractivity contribution in [1.82, 2.24) is 0 Å². The summed E-state index contributed by atoms with van der Waals surface area (Å²) in [5, 5.41) is 0. The monoisotopic (exact) mass is 302 g/mol. The van der Waals surface area contributed by atoms with Gasteiger partial charge in [-0.1, -0.05) is 12.1 Å². The van der Waals surface area contributed by atoms with Crippen molar-refractivity contribution in [3.05, 3.63) is 34.1 Å². The Kier molecular flexibility index (Phi) is 4.31. The van der Waals surface area contributed by atoms with Gasteiger partial charge in [0.05, 0.1) is 10.4 Å². The number of ether oxygens (including phenoxy) is 1. The fourth-order valence-electron chi connectivity index (χ4n) is 1.37. The van der Waals surface area contributed by atoms with Crippen LogP contribution >= 0.6 is 15.9 Å². The summed E-state index contributed by atoms with van der Waals surface area (Å²) in [7, 11) is 0. The number of benzene rings is 1. The highest BCUT2D eigenvalue weighted by atomic mass is 79.9. The third-order valence-corrected chi connectivity index (χ3v) is 2.82. The first kappa shape index (κ1) is 14.2. The second kappa shape index (κ2) is 5.17. The largest absolute Gasteiger partial charge is 0.460 e. The van der Waals surface area contributed by atoms with Crippen molar-refractivity contribution in [2.24, 2.45) is 0 Å². The summed E-state index contributed by atoms with van der Waals surface area (Å²) in [5.74, 6) is -1.45. The maximum Gasteiger partial charge on any atom is 0.313 e. The molecule has 17 heavy (non-hydrogen) atoms. The lowest BCUT2D eigenvalue weighted by molar-refractivity contribution is -0.156. The Morgan fingerprint density at radius 2 is 2.00 bits per heavy atom. The van der Waals surface area contributed by atoms with Crippen LogP contribution in [0.1, 0.15) is 39.2 Å². The van der Waals surface area contributed by atoms with Crippen molar-refractivity contribution in [2.75, 3.05) is 0 Å². The van der Waals surface area contributed by atoms with Crippen LogP contribution in [0.2, 0.25) is 0 Å². The van der Waals surface area contributed by atoms with Gasteiger partial charge in [-0.2, -0.15) is 0 Å². The molecule has 0 saturated carbocycles. The van der Waals surface area contributed by atoms with E-state index in [0.717, 1.165) is 0 Å². The Balaban J connectivity index is 2.93. The van der Waals surface area contributed by atoms with Gasteiger partial charge in [0.2, 0.25) is 0 Å². The van der Waals surface area contributed by atoms with Gasteiger partial charge >= 0.3 is 5.97 Å². The molecular weight excluding hydrogens is 287 g/mol. The normalized spacial score (nSPS) is 13.3. The van der Waals surface area contributed by atoms with Gasteiger partial charge < -0.3 is 4.74 Å². The topological polar surface area (TPSA) is 26.3 Å². The van der Waals surface area contributed by atoms with Gasteiger partial charge in [0.25, 0.3) is 0 Å². The molecule has 0 saturated heterocycles. The Morgan fingerprint density at radius 3 is 2.53 bits per heavy atom. The first-order chi connectivity index (χ1) is 7.72. The molecule has 94 valence electrons. The summed E-state index contributed by atoms with van der Waals surface area (Å²) in [6.07, 6.45) is 0. The van der Waals surface area contributed by atoms with E-state index in [2.05, 4.69) is 15.9 Å². The van der Waals surface area contributed by atoms with Gasteiger partial charge in [-0.3, -0.25) is 4.79 Å². The molecule has 0 amide bonds. The fourth-order valence-corrected chi connectivity index (χ4v) is 1.75. The van der Waals surface area contributed by atoms with Gasteiger partial charge in [-0.15, -0.1) is 0 Å². The number of halogens is 2. The average Bonchev–Trinajstić information content (AvgIpc) is 2.18. The predicted molar refractivity (Wildman–Crippen MR) is 68.4 cm³/mol. The van der Waals surface area contributed by atoms with Crippen LogP contribution in [0.5, 0.6) is 0 Å². The molecule has 0 N–H and O–H groups in total. The molecule has 1 atom stereocenters. The van der Waals surface area contributed by atoms with Gasteiger partial charge in [-0.05, 0) is 49.7 Å². The molecule has 1 unspecified atom stereocenters. The maximum atomic E-state index is 13.8. The zero-order chi connectivity index (χ0) is 13.2. The number of rotatable bonds is 2. The lowest BCUT2D eigenvalue weighted by atomic mass is 10.0. The highest BCUT2D eigenvalue weighted by Gasteiger charge is 2.25. The Labute approximate surface area is 109 Å². The van der Waals surface area contributed by atoms with E-state index in [-0.39, 0.29) is 0 Å². The molecule has 0 heterocycles. The van der Waals surface area contributed by atoms with E-state index in [4.69, 9.17) is 4.74 Å². The Hall–Kier alpha value is -0.900. The van der Waals surface area contributed by atoms with Crippen LogP contribution in [0, 0.1) is 5.82 Å². The van der Waals surface area contributed by atoms with Crippen molar-refractivity contribution >= 4 is 21.9 Å². The second-order valence-electron chi connectivity index (χ2n) is 4.90. The van der Waals surface area contributed by atoms with Crippen molar-refractivity contribution in [1.29, 1.82) is 0 Å². The zero-order valence-corrected chi connectivity index (χ0v) is 12.0. The van der Waals surface area contributed by atoms with Crippen molar-refractivity contribution < 1.29 is 13.9 Å². The molecule has 0 spiro atoms. The minimum absolute atomic E-state index is 0.341. The molecule has 1 aromatic carbocycles. The minimum Gasteiger partial charge on any atom is -0.460 e. The molecular formula is C13H16BrFO2. The summed E-state index contributed by atoms with van der Waals surface area (Å²) in [6.45, 7) is 7.00. The SMILES string of the molecule is CC(C(=O)OC(C)(C)C)c1cccc(Br)c1F. The van der Waals surface area contributed by atoms with E-state index in [1.165, 1.54) is 0 Å². The number of hydrogen-bond donors (Lipinski definition) is 0. The predicted octanol–water partition coefficient (Wildman–Crippen LogP) is 4.03. The quantitative estimate of drug-likeness (QED) is 0.771. The van der Waals surface area contributed by atoms with Crippen LogP contribution in [0.4, 0.5) is 4.39 Å². The molecule has 0 aliphatic rings. The lowest BCUT2D eigenvalue weighted by Crippen LogP contribution is -2.27. The number of carbonyl (C=O) groups excluding carboxylic acids is 1. The van der Waals surface area contributed by atoms with Gasteiger partial charge in [0.1, 0.15) is 11.4 Å². The summed E-state index contributed by atoms with van der Waals surface area (Å²) in [5.41, 5.74) is -0.220. The van der Waals surface area contributed by atoms with Crippen LogP contribution in [-0.2, 0) is 9.53 Å². The lowest BCUT2D eigenvalue weighted by Gasteiger charge is -2.22. The highest BCUT2D eigenvalue weighted by molar-refractivity contribution is 9.10. The molecule has 2 nitrogen and oxygen atoms in total. The number of carbonyl (C=O) groups is 1. The van der Waals surface area contributed by atoms with E-state index in [9.17, 15) is 9.18 Å². The molecule has 0 aliphatic carbocycles. The minimum atomic E-state index is -0.619. The van der Waals surface area contributed by atoms with Crippen LogP contribution in [0.25, 0.3) is 0 Å². The van der Waals surface area contributed by atoms with Crippen LogP contribution in [0.15, 0.2) is 22.7 Å². The third kappa shape index (κ3) is 3.80. The molecule has 0 fully saturated rings. The van der Waals surface area contributed by atoms with E-state index in [0.29, 0.717) is 10.0 Å². The molecule has 4 heteroatoms. The second-order valence-corrected chi connectivity index (χ2v) is 5.75. The maximum absolute atomic E-state index is 13.8. The smallest absolute Gasteiger partial charge is 0.313 e.